The lowest BCUT2D eigenvalue weighted by molar-refractivity contribution is -0.772. The largest absolute Gasteiger partial charge is 0.523 e. The Kier molecular flexibility index (Phi) is 15.6. The standard InChI is InChI=1S/C22H31N2O5/c1-2-3-4-5-6-7-8-9-10-11-12-13-14-15-16-17-18-19-20-22(21-25,23(26)27)24(28)29/h3-4,6-7,9-10,12-13,15-16H,2,5,8,11,14,17-20H2,1H3. The molecule has 0 amide bonds. The zero-order valence-electron chi connectivity index (χ0n) is 17.1. The molecule has 0 aliphatic rings. The summed E-state index contributed by atoms with van der Waals surface area (Å²) in [5, 5.41) is 21.6. The second kappa shape index (κ2) is 17.3. The van der Waals surface area contributed by atoms with Crippen LogP contribution in [-0.2, 0) is 4.79 Å². The molecule has 159 valence electrons. The van der Waals surface area contributed by atoms with Crippen LogP contribution in [0.2, 0.25) is 0 Å². The highest BCUT2D eigenvalue weighted by molar-refractivity contribution is 5.59. The third-order valence-electron chi connectivity index (χ3n) is 4.07. The van der Waals surface area contributed by atoms with Gasteiger partial charge in [-0.25, -0.2) is 0 Å². The molecule has 0 aliphatic heterocycles. The zero-order valence-corrected chi connectivity index (χ0v) is 17.1. The molecule has 0 N–H and O–H groups in total. The number of nitrogens with zero attached hydrogens (tertiary/aromatic N) is 2. The predicted molar refractivity (Wildman–Crippen MR) is 115 cm³/mol. The van der Waals surface area contributed by atoms with Crippen molar-refractivity contribution in [3.05, 3.63) is 81.0 Å². The number of hydrogen-bond acceptors (Lipinski definition) is 5. The lowest BCUT2D eigenvalue weighted by atomic mass is 10.0. The highest BCUT2D eigenvalue weighted by Gasteiger charge is 2.57. The van der Waals surface area contributed by atoms with Gasteiger partial charge < -0.3 is 0 Å². The van der Waals surface area contributed by atoms with Crippen molar-refractivity contribution in [2.75, 3.05) is 0 Å². The van der Waals surface area contributed by atoms with Gasteiger partial charge in [0.2, 0.25) is 0 Å². The van der Waals surface area contributed by atoms with E-state index in [0.29, 0.717) is 12.8 Å². The van der Waals surface area contributed by atoms with Gasteiger partial charge in [0, 0.05) is 0 Å². The van der Waals surface area contributed by atoms with Gasteiger partial charge in [0.25, 0.3) is 0 Å². The third-order valence-corrected chi connectivity index (χ3v) is 4.07. The summed E-state index contributed by atoms with van der Waals surface area (Å²) in [6.45, 7) is 2.12. The van der Waals surface area contributed by atoms with Gasteiger partial charge >= 0.3 is 11.9 Å². The number of allylic oxidation sites excluding steroid dienone is 10. The Morgan fingerprint density at radius 2 is 1.14 bits per heavy atom. The van der Waals surface area contributed by atoms with Crippen molar-refractivity contribution in [2.45, 2.75) is 70.4 Å². The molecular formula is C22H31N2O5. The lowest BCUT2D eigenvalue weighted by Crippen LogP contribution is -2.47. The molecule has 7 nitrogen and oxygen atoms in total. The van der Waals surface area contributed by atoms with Crippen molar-refractivity contribution in [2.24, 2.45) is 0 Å². The van der Waals surface area contributed by atoms with E-state index in [0.717, 1.165) is 38.4 Å². The fourth-order valence-corrected chi connectivity index (χ4v) is 2.38. The summed E-state index contributed by atoms with van der Waals surface area (Å²) in [5.74, 6) is 0. The Morgan fingerprint density at radius 1 is 0.724 bits per heavy atom. The number of hydrogen-bond donors (Lipinski definition) is 0. The fraction of sp³-hybridized carbons (Fsp3) is 0.500. The fourth-order valence-electron chi connectivity index (χ4n) is 2.38. The number of unbranched alkanes of at least 4 members (excludes halogenated alkanes) is 2. The first-order valence-electron chi connectivity index (χ1n) is 9.94. The van der Waals surface area contributed by atoms with Gasteiger partial charge in [-0.05, 0) is 51.4 Å². The summed E-state index contributed by atoms with van der Waals surface area (Å²) in [6.07, 6.45) is 27.5. The molecule has 0 unspecified atom stereocenters. The highest BCUT2D eigenvalue weighted by Crippen LogP contribution is 2.18. The molecule has 0 aromatic heterocycles. The van der Waals surface area contributed by atoms with Crippen molar-refractivity contribution in [3.63, 3.8) is 0 Å². The molecule has 7 heteroatoms. The van der Waals surface area contributed by atoms with Gasteiger partial charge in [-0.3, -0.25) is 25.0 Å². The zero-order chi connectivity index (χ0) is 21.8. The predicted octanol–water partition coefficient (Wildman–Crippen LogP) is 5.66. The van der Waals surface area contributed by atoms with Gasteiger partial charge in [0.15, 0.2) is 0 Å². The molecular weight excluding hydrogens is 372 g/mol. The van der Waals surface area contributed by atoms with E-state index >= 15 is 0 Å². The maximum absolute atomic E-state index is 10.8. The van der Waals surface area contributed by atoms with Gasteiger partial charge in [0.1, 0.15) is 9.85 Å². The Balaban J connectivity index is 3.85. The van der Waals surface area contributed by atoms with Crippen LogP contribution in [0, 0.1) is 20.2 Å². The monoisotopic (exact) mass is 403 g/mol. The van der Waals surface area contributed by atoms with Crippen molar-refractivity contribution >= 4 is 6.29 Å². The van der Waals surface area contributed by atoms with Crippen LogP contribution in [0.1, 0.15) is 64.7 Å². The first-order valence-corrected chi connectivity index (χ1v) is 9.94. The van der Waals surface area contributed by atoms with Crippen LogP contribution in [0.5, 0.6) is 0 Å². The van der Waals surface area contributed by atoms with Gasteiger partial charge in [-0.1, -0.05) is 67.7 Å². The maximum Gasteiger partial charge on any atom is 0.523 e. The summed E-state index contributed by atoms with van der Waals surface area (Å²) < 4.78 is 0. The smallest absolute Gasteiger partial charge is 0.273 e. The Labute approximate surface area is 172 Å². The molecule has 0 aromatic rings. The van der Waals surface area contributed by atoms with Gasteiger partial charge in [-0.15, -0.1) is 0 Å². The molecule has 0 bridgehead atoms. The topological polar surface area (TPSA) is 103 Å². The molecule has 1 radical (unpaired) electrons. The van der Waals surface area contributed by atoms with E-state index in [-0.39, 0.29) is 6.42 Å². The van der Waals surface area contributed by atoms with E-state index in [1.54, 1.807) is 0 Å². The minimum atomic E-state index is -2.83. The van der Waals surface area contributed by atoms with Crippen LogP contribution in [0.3, 0.4) is 0 Å². The lowest BCUT2D eigenvalue weighted by Gasteiger charge is -2.09. The summed E-state index contributed by atoms with van der Waals surface area (Å²) in [6, 6.07) is 0. The average molecular weight is 403 g/mol. The van der Waals surface area contributed by atoms with Crippen LogP contribution in [-0.4, -0.2) is 21.8 Å². The van der Waals surface area contributed by atoms with Crippen molar-refractivity contribution in [1.82, 2.24) is 0 Å². The van der Waals surface area contributed by atoms with E-state index in [4.69, 9.17) is 0 Å². The summed E-state index contributed by atoms with van der Waals surface area (Å²) in [4.78, 5) is 29.9. The molecule has 0 spiro atoms. The minimum absolute atomic E-state index is 0.214. The van der Waals surface area contributed by atoms with E-state index in [1.807, 2.05) is 12.2 Å². The second-order valence-corrected chi connectivity index (χ2v) is 6.39. The molecule has 0 heterocycles. The Hall–Kier alpha value is -2.83. The van der Waals surface area contributed by atoms with Crippen LogP contribution in [0.25, 0.3) is 0 Å². The van der Waals surface area contributed by atoms with Gasteiger partial charge in [-0.2, -0.15) is 0 Å². The molecule has 0 fully saturated rings. The van der Waals surface area contributed by atoms with Crippen LogP contribution in [0.15, 0.2) is 60.8 Å². The molecule has 0 aromatic carbocycles. The number of nitro groups is 2. The normalized spacial score (nSPS) is 12.9. The van der Waals surface area contributed by atoms with Crippen molar-refractivity contribution in [3.8, 4) is 0 Å². The average Bonchev–Trinajstić information content (AvgIpc) is 2.69. The molecule has 0 saturated heterocycles. The van der Waals surface area contributed by atoms with Crippen LogP contribution >= 0.6 is 0 Å². The van der Waals surface area contributed by atoms with Crippen LogP contribution in [0.4, 0.5) is 0 Å². The third kappa shape index (κ3) is 12.3. The molecule has 0 saturated carbocycles. The number of carbonyl (C=O) groups excluding carboxylic acids is 1. The van der Waals surface area contributed by atoms with E-state index < -0.39 is 21.9 Å². The molecule has 0 aliphatic carbocycles. The first-order chi connectivity index (χ1) is 14.0. The van der Waals surface area contributed by atoms with E-state index in [1.165, 1.54) is 0 Å². The Bertz CT molecular complexity index is 619. The van der Waals surface area contributed by atoms with Gasteiger partial charge in [0.05, 0.1) is 6.42 Å². The van der Waals surface area contributed by atoms with Crippen molar-refractivity contribution in [1.29, 1.82) is 0 Å². The SMILES string of the molecule is CCC=CCC=CCC=CCC=CCC=CCCCCC([C]=O)([N+](=O)[O-])[N+](=O)[O-]. The molecule has 29 heavy (non-hydrogen) atoms. The first kappa shape index (κ1) is 26.2. The summed E-state index contributed by atoms with van der Waals surface area (Å²) in [7, 11) is 0. The minimum Gasteiger partial charge on any atom is -0.273 e. The van der Waals surface area contributed by atoms with E-state index in [2.05, 4.69) is 55.5 Å². The highest BCUT2D eigenvalue weighted by atomic mass is 16.7. The van der Waals surface area contributed by atoms with Crippen LogP contribution < -0.4 is 0 Å². The number of rotatable bonds is 17. The quantitative estimate of drug-likeness (QED) is 0.102. The second-order valence-electron chi connectivity index (χ2n) is 6.39. The van der Waals surface area contributed by atoms with E-state index in [9.17, 15) is 25.0 Å². The Morgan fingerprint density at radius 3 is 1.52 bits per heavy atom. The maximum atomic E-state index is 10.8. The van der Waals surface area contributed by atoms with Crippen molar-refractivity contribution < 1.29 is 14.6 Å². The summed E-state index contributed by atoms with van der Waals surface area (Å²) in [5.41, 5.74) is -2.83. The molecule has 0 atom stereocenters. The summed E-state index contributed by atoms with van der Waals surface area (Å²) >= 11 is 0. The molecule has 0 rings (SSSR count).